The number of ether oxygens (including phenoxy) is 2. The van der Waals surface area contributed by atoms with E-state index < -0.39 is 0 Å². The van der Waals surface area contributed by atoms with Crippen LogP contribution in [0.3, 0.4) is 0 Å². The van der Waals surface area contributed by atoms with Gasteiger partial charge in [0.2, 0.25) is 0 Å². The average Bonchev–Trinajstić information content (AvgIpc) is 3.24. The molecule has 1 unspecified atom stereocenters. The molecular formula is C22H27N3O3S. The molecule has 7 heteroatoms. The molecule has 2 aromatic rings. The standard InChI is InChI=1S/C22H27N3O3S/c26-22(23-17-15-24-9-7-16(17)8-10-24)20-5-6-21(29-20)28-19-4-2-1-3-18(19)25-11-13-27-14-12-25/h1-6,16-17H,7-15H2,(H,23,26). The van der Waals surface area contributed by atoms with Gasteiger partial charge in [0.15, 0.2) is 10.8 Å². The smallest absolute Gasteiger partial charge is 0.261 e. The zero-order chi connectivity index (χ0) is 19.6. The molecule has 1 atom stereocenters. The Hall–Kier alpha value is -2.09. The van der Waals surface area contributed by atoms with Crippen molar-refractivity contribution in [1.29, 1.82) is 0 Å². The maximum atomic E-state index is 12.8. The summed E-state index contributed by atoms with van der Waals surface area (Å²) in [6, 6.07) is 12.1. The largest absolute Gasteiger partial charge is 0.444 e. The summed E-state index contributed by atoms with van der Waals surface area (Å²) in [7, 11) is 0. The zero-order valence-corrected chi connectivity index (χ0v) is 17.3. The van der Waals surface area contributed by atoms with Gasteiger partial charge in [0.1, 0.15) is 0 Å². The molecule has 2 bridgehead atoms. The molecule has 0 aliphatic carbocycles. The van der Waals surface area contributed by atoms with Gasteiger partial charge in [0, 0.05) is 25.7 Å². The molecule has 4 saturated heterocycles. The predicted octanol–water partition coefficient (Wildman–Crippen LogP) is 3.20. The zero-order valence-electron chi connectivity index (χ0n) is 16.5. The first kappa shape index (κ1) is 18.9. The summed E-state index contributed by atoms with van der Waals surface area (Å²) < 4.78 is 11.6. The molecule has 0 spiro atoms. The molecule has 1 N–H and O–H groups in total. The third kappa shape index (κ3) is 4.13. The number of nitrogens with one attached hydrogen (secondary N) is 1. The second kappa shape index (κ2) is 8.34. The lowest BCUT2D eigenvalue weighted by Crippen LogP contribution is -2.57. The van der Waals surface area contributed by atoms with Crippen LogP contribution in [0.15, 0.2) is 36.4 Å². The second-order valence-electron chi connectivity index (χ2n) is 8.01. The van der Waals surface area contributed by atoms with Gasteiger partial charge >= 0.3 is 0 Å². The van der Waals surface area contributed by atoms with E-state index in [1.54, 1.807) is 0 Å². The normalized spacial score (nSPS) is 26.3. The highest BCUT2D eigenvalue weighted by Gasteiger charge is 2.35. The van der Waals surface area contributed by atoms with Crippen LogP contribution >= 0.6 is 11.3 Å². The summed E-state index contributed by atoms with van der Waals surface area (Å²) in [5.41, 5.74) is 1.07. The fourth-order valence-electron chi connectivity index (χ4n) is 4.58. The van der Waals surface area contributed by atoms with Crippen molar-refractivity contribution in [3.8, 4) is 10.8 Å². The fraction of sp³-hybridized carbons (Fsp3) is 0.500. The van der Waals surface area contributed by atoms with E-state index in [1.165, 1.54) is 37.3 Å². The number of piperidine rings is 3. The Morgan fingerprint density at radius 2 is 1.86 bits per heavy atom. The maximum absolute atomic E-state index is 12.8. The third-order valence-corrected chi connectivity index (χ3v) is 7.17. The number of nitrogens with zero attached hydrogens (tertiary/aromatic N) is 2. The van der Waals surface area contributed by atoms with Gasteiger partial charge < -0.3 is 24.6 Å². The Morgan fingerprint density at radius 3 is 2.62 bits per heavy atom. The highest BCUT2D eigenvalue weighted by Crippen LogP contribution is 2.36. The Balaban J connectivity index is 1.25. The number of anilines is 1. The molecule has 154 valence electrons. The van der Waals surface area contributed by atoms with Crippen molar-refractivity contribution < 1.29 is 14.3 Å². The highest BCUT2D eigenvalue weighted by molar-refractivity contribution is 7.15. The average molecular weight is 414 g/mol. The van der Waals surface area contributed by atoms with E-state index in [4.69, 9.17) is 9.47 Å². The van der Waals surface area contributed by atoms with Gasteiger partial charge in [-0.1, -0.05) is 23.5 Å². The molecule has 4 aliphatic heterocycles. The van der Waals surface area contributed by atoms with Crippen molar-refractivity contribution in [3.63, 3.8) is 0 Å². The van der Waals surface area contributed by atoms with Gasteiger partial charge in [-0.2, -0.15) is 0 Å². The molecule has 1 aromatic carbocycles. The lowest BCUT2D eigenvalue weighted by atomic mass is 9.84. The summed E-state index contributed by atoms with van der Waals surface area (Å²) in [5, 5.41) is 4.00. The van der Waals surface area contributed by atoms with E-state index in [1.807, 2.05) is 30.3 Å². The number of carbonyl (C=O) groups excluding carboxylic acids is 1. The highest BCUT2D eigenvalue weighted by atomic mass is 32.1. The monoisotopic (exact) mass is 413 g/mol. The Bertz CT molecular complexity index is 856. The number of thiophene rings is 1. The first-order valence-electron chi connectivity index (χ1n) is 10.5. The van der Waals surface area contributed by atoms with Gasteiger partial charge in [0.05, 0.1) is 23.8 Å². The number of hydrogen-bond donors (Lipinski definition) is 1. The first-order valence-corrected chi connectivity index (χ1v) is 11.3. The van der Waals surface area contributed by atoms with E-state index in [0.717, 1.165) is 49.3 Å². The fourth-order valence-corrected chi connectivity index (χ4v) is 5.35. The van der Waals surface area contributed by atoms with Crippen molar-refractivity contribution in [2.45, 2.75) is 18.9 Å². The number of rotatable bonds is 5. The molecule has 4 fully saturated rings. The molecular weight excluding hydrogens is 386 g/mol. The summed E-state index contributed by atoms with van der Waals surface area (Å²) in [5.74, 6) is 1.46. The number of benzene rings is 1. The summed E-state index contributed by atoms with van der Waals surface area (Å²) in [4.78, 5) is 18.2. The van der Waals surface area contributed by atoms with Crippen LogP contribution in [-0.4, -0.2) is 62.8 Å². The molecule has 6 nitrogen and oxygen atoms in total. The van der Waals surface area contributed by atoms with Crippen LogP contribution in [0.5, 0.6) is 10.8 Å². The van der Waals surface area contributed by atoms with Gasteiger partial charge in [-0.3, -0.25) is 4.79 Å². The maximum Gasteiger partial charge on any atom is 0.261 e. The Labute approximate surface area is 175 Å². The minimum atomic E-state index is 0.0186. The van der Waals surface area contributed by atoms with Gasteiger partial charge in [-0.25, -0.2) is 0 Å². The van der Waals surface area contributed by atoms with Crippen LogP contribution < -0.4 is 15.0 Å². The minimum absolute atomic E-state index is 0.0186. The van der Waals surface area contributed by atoms with Crippen LogP contribution in [0.4, 0.5) is 5.69 Å². The number of fused-ring (bicyclic) bond motifs is 3. The van der Waals surface area contributed by atoms with E-state index in [2.05, 4.69) is 21.2 Å². The van der Waals surface area contributed by atoms with Crippen molar-refractivity contribution in [1.82, 2.24) is 10.2 Å². The van der Waals surface area contributed by atoms with Gasteiger partial charge in [-0.15, -0.1) is 0 Å². The van der Waals surface area contributed by atoms with Gasteiger partial charge in [-0.05, 0) is 56.1 Å². The number of amides is 1. The molecule has 6 rings (SSSR count). The number of morpholine rings is 1. The lowest BCUT2D eigenvalue weighted by Gasteiger charge is -2.44. The SMILES string of the molecule is O=C(NC1CN2CCC1CC2)c1ccc(Oc2ccccc2N2CCOCC2)s1. The molecule has 0 saturated carbocycles. The Morgan fingerprint density at radius 1 is 1.07 bits per heavy atom. The van der Waals surface area contributed by atoms with Crippen molar-refractivity contribution in [2.75, 3.05) is 50.8 Å². The van der Waals surface area contributed by atoms with E-state index in [9.17, 15) is 4.79 Å². The number of para-hydroxylation sites is 2. The van der Waals surface area contributed by atoms with Crippen LogP contribution in [0.2, 0.25) is 0 Å². The Kier molecular flexibility index (Phi) is 5.44. The lowest BCUT2D eigenvalue weighted by molar-refractivity contribution is 0.0622. The van der Waals surface area contributed by atoms with E-state index >= 15 is 0 Å². The van der Waals surface area contributed by atoms with Crippen molar-refractivity contribution >= 4 is 22.9 Å². The third-order valence-electron chi connectivity index (χ3n) is 6.21. The minimum Gasteiger partial charge on any atom is -0.444 e. The van der Waals surface area contributed by atoms with E-state index in [0.29, 0.717) is 10.8 Å². The summed E-state index contributed by atoms with van der Waals surface area (Å²) in [6.07, 6.45) is 2.39. The number of hydrogen-bond acceptors (Lipinski definition) is 6. The molecule has 1 amide bonds. The molecule has 29 heavy (non-hydrogen) atoms. The van der Waals surface area contributed by atoms with Crippen LogP contribution in [0.1, 0.15) is 22.5 Å². The quantitative estimate of drug-likeness (QED) is 0.816. The van der Waals surface area contributed by atoms with Crippen molar-refractivity contribution in [3.05, 3.63) is 41.3 Å². The van der Waals surface area contributed by atoms with Crippen LogP contribution in [-0.2, 0) is 4.74 Å². The summed E-state index contributed by atoms with van der Waals surface area (Å²) in [6.45, 7) is 6.52. The van der Waals surface area contributed by atoms with Crippen molar-refractivity contribution in [2.24, 2.45) is 5.92 Å². The molecule has 4 aliphatic rings. The van der Waals surface area contributed by atoms with Crippen LogP contribution in [0, 0.1) is 5.92 Å². The summed E-state index contributed by atoms with van der Waals surface area (Å²) >= 11 is 1.41. The van der Waals surface area contributed by atoms with Gasteiger partial charge in [0.25, 0.3) is 5.91 Å². The predicted molar refractivity (Wildman–Crippen MR) is 114 cm³/mol. The topological polar surface area (TPSA) is 54.0 Å². The molecule has 1 aromatic heterocycles. The molecule has 0 radical (unpaired) electrons. The van der Waals surface area contributed by atoms with Crippen LogP contribution in [0.25, 0.3) is 0 Å². The van der Waals surface area contributed by atoms with E-state index in [-0.39, 0.29) is 11.9 Å². The second-order valence-corrected chi connectivity index (χ2v) is 9.05. The first-order chi connectivity index (χ1) is 14.3. The molecule has 5 heterocycles. The number of carbonyl (C=O) groups is 1.